The highest BCUT2D eigenvalue weighted by molar-refractivity contribution is 5.80. The zero-order chi connectivity index (χ0) is 19.7. The Morgan fingerprint density at radius 2 is 1.81 bits per heavy atom. The van der Waals surface area contributed by atoms with Gasteiger partial charge in [-0.15, -0.1) is 0 Å². The summed E-state index contributed by atoms with van der Waals surface area (Å²) in [6.45, 7) is 4.35. The largest absolute Gasteiger partial charge is 0.483 e. The Balaban J connectivity index is 2.07. The normalized spacial score (nSPS) is 20.9. The van der Waals surface area contributed by atoms with Crippen molar-refractivity contribution >= 4 is 11.9 Å². The first-order valence-corrected chi connectivity index (χ1v) is 8.21. The first-order valence-electron chi connectivity index (χ1n) is 8.21. The Hall–Kier alpha value is -2.25. The maximum absolute atomic E-state index is 13.0. The Bertz CT molecular complexity index is 682. The van der Waals surface area contributed by atoms with Gasteiger partial charge in [0.1, 0.15) is 5.75 Å². The third kappa shape index (κ3) is 4.47. The van der Waals surface area contributed by atoms with Crippen LogP contribution in [0.2, 0.25) is 0 Å². The lowest BCUT2D eigenvalue weighted by molar-refractivity contribution is -0.188. The maximum atomic E-state index is 13.0. The average molecular weight is 373 g/mol. The summed E-state index contributed by atoms with van der Waals surface area (Å²) in [5, 5.41) is 9.01. The molecule has 2 rings (SSSR count). The highest BCUT2D eigenvalue weighted by Gasteiger charge is 2.53. The van der Waals surface area contributed by atoms with Crippen molar-refractivity contribution in [2.45, 2.75) is 32.4 Å². The van der Waals surface area contributed by atoms with Gasteiger partial charge in [-0.3, -0.25) is 9.59 Å². The third-order valence-electron chi connectivity index (χ3n) is 4.46. The van der Waals surface area contributed by atoms with Gasteiger partial charge in [0.2, 0.25) is 0 Å². The molecule has 144 valence electrons. The SMILES string of the molecule is CC(C)(C)c1ccccc1OCC(=O)N1C[C@@H](C(F)(F)F)[C@H](C(=O)O)C1. The number of halogens is 3. The number of alkyl halides is 3. The van der Waals surface area contributed by atoms with Gasteiger partial charge in [-0.2, -0.15) is 13.2 Å². The van der Waals surface area contributed by atoms with Crippen LogP contribution in [0.4, 0.5) is 13.2 Å². The van der Waals surface area contributed by atoms with E-state index in [1.54, 1.807) is 12.1 Å². The fourth-order valence-electron chi connectivity index (χ4n) is 3.03. The van der Waals surface area contributed by atoms with E-state index in [2.05, 4.69) is 0 Å². The van der Waals surface area contributed by atoms with E-state index < -0.39 is 49.6 Å². The van der Waals surface area contributed by atoms with Crippen molar-refractivity contribution in [3.63, 3.8) is 0 Å². The second-order valence-corrected chi connectivity index (χ2v) is 7.43. The van der Waals surface area contributed by atoms with Crippen LogP contribution in [0, 0.1) is 11.8 Å². The quantitative estimate of drug-likeness (QED) is 0.881. The molecule has 0 aromatic heterocycles. The van der Waals surface area contributed by atoms with Gasteiger partial charge < -0.3 is 14.7 Å². The van der Waals surface area contributed by atoms with E-state index in [-0.39, 0.29) is 5.41 Å². The standard InChI is InChI=1S/C18H22F3NO4/c1-17(2,3)12-6-4-5-7-14(12)26-10-15(23)22-8-11(16(24)25)13(9-22)18(19,20)21/h4-7,11,13H,8-10H2,1-3H3,(H,24,25)/t11-,13-/m1/s1. The smallest absolute Gasteiger partial charge is 0.394 e. The van der Waals surface area contributed by atoms with Crippen molar-refractivity contribution in [3.05, 3.63) is 29.8 Å². The number of aliphatic carboxylic acids is 1. The van der Waals surface area contributed by atoms with Gasteiger partial charge in [-0.1, -0.05) is 39.0 Å². The van der Waals surface area contributed by atoms with Crippen LogP contribution < -0.4 is 4.74 Å². The van der Waals surface area contributed by atoms with Crippen molar-refractivity contribution in [1.82, 2.24) is 4.90 Å². The molecule has 0 spiro atoms. The molecule has 1 aromatic rings. The van der Waals surface area contributed by atoms with Crippen LogP contribution >= 0.6 is 0 Å². The molecule has 0 unspecified atom stereocenters. The summed E-state index contributed by atoms with van der Waals surface area (Å²) >= 11 is 0. The fraction of sp³-hybridized carbons (Fsp3) is 0.556. The minimum absolute atomic E-state index is 0.233. The van der Waals surface area contributed by atoms with Crippen molar-refractivity contribution in [2.24, 2.45) is 11.8 Å². The minimum Gasteiger partial charge on any atom is -0.483 e. The molecule has 1 aliphatic heterocycles. The van der Waals surface area contributed by atoms with Gasteiger partial charge in [0, 0.05) is 13.1 Å². The molecular formula is C18H22F3NO4. The number of carboxylic acids is 1. The van der Waals surface area contributed by atoms with Gasteiger partial charge in [-0.25, -0.2) is 0 Å². The first-order chi connectivity index (χ1) is 11.9. The maximum Gasteiger partial charge on any atom is 0.394 e. The van der Waals surface area contributed by atoms with Crippen LogP contribution in [-0.4, -0.2) is 47.8 Å². The molecule has 1 aliphatic rings. The number of nitrogens with zero attached hydrogens (tertiary/aromatic N) is 1. The zero-order valence-electron chi connectivity index (χ0n) is 14.8. The molecule has 2 atom stereocenters. The summed E-state index contributed by atoms with van der Waals surface area (Å²) in [5.41, 5.74) is 0.633. The molecule has 8 heteroatoms. The monoisotopic (exact) mass is 373 g/mol. The Morgan fingerprint density at radius 1 is 1.19 bits per heavy atom. The van der Waals surface area contributed by atoms with Crippen LogP contribution in [0.15, 0.2) is 24.3 Å². The van der Waals surface area contributed by atoms with E-state index in [0.29, 0.717) is 5.75 Å². The molecule has 1 fully saturated rings. The van der Waals surface area contributed by atoms with Gasteiger partial charge in [-0.05, 0) is 17.0 Å². The van der Waals surface area contributed by atoms with Crippen molar-refractivity contribution in [2.75, 3.05) is 19.7 Å². The van der Waals surface area contributed by atoms with Gasteiger partial charge in [0.25, 0.3) is 5.91 Å². The van der Waals surface area contributed by atoms with E-state index in [1.807, 2.05) is 32.9 Å². The number of likely N-dealkylation sites (tertiary alicyclic amines) is 1. The van der Waals surface area contributed by atoms with Crippen LogP contribution in [0.1, 0.15) is 26.3 Å². The number of carbonyl (C=O) groups excluding carboxylic acids is 1. The minimum atomic E-state index is -4.67. The molecule has 0 bridgehead atoms. The number of benzene rings is 1. The van der Waals surface area contributed by atoms with Crippen molar-refractivity contribution in [3.8, 4) is 5.75 Å². The van der Waals surface area contributed by atoms with Crippen molar-refractivity contribution < 1.29 is 32.6 Å². The lowest BCUT2D eigenvalue weighted by Gasteiger charge is -2.23. The van der Waals surface area contributed by atoms with Gasteiger partial charge in [0.05, 0.1) is 11.8 Å². The molecule has 1 heterocycles. The lowest BCUT2D eigenvalue weighted by atomic mass is 9.86. The molecule has 5 nitrogen and oxygen atoms in total. The summed E-state index contributed by atoms with van der Waals surface area (Å²) < 4.78 is 44.6. The second kappa shape index (κ2) is 7.17. The molecular weight excluding hydrogens is 351 g/mol. The number of hydrogen-bond acceptors (Lipinski definition) is 3. The molecule has 0 aliphatic carbocycles. The van der Waals surface area contributed by atoms with Crippen LogP contribution in [0.25, 0.3) is 0 Å². The van der Waals surface area contributed by atoms with Crippen molar-refractivity contribution in [1.29, 1.82) is 0 Å². The molecule has 26 heavy (non-hydrogen) atoms. The predicted octanol–water partition coefficient (Wildman–Crippen LogP) is 3.08. The van der Waals surface area contributed by atoms with E-state index in [9.17, 15) is 22.8 Å². The fourth-order valence-corrected chi connectivity index (χ4v) is 3.03. The van der Waals surface area contributed by atoms with Crippen LogP contribution in [-0.2, 0) is 15.0 Å². The number of hydrogen-bond donors (Lipinski definition) is 1. The summed E-state index contributed by atoms with van der Waals surface area (Å²) in [7, 11) is 0. The Kier molecular flexibility index (Phi) is 5.53. The van der Waals surface area contributed by atoms with E-state index >= 15 is 0 Å². The zero-order valence-corrected chi connectivity index (χ0v) is 14.8. The summed E-state index contributed by atoms with van der Waals surface area (Å²) in [6, 6.07) is 7.12. The summed E-state index contributed by atoms with van der Waals surface area (Å²) in [4.78, 5) is 24.3. The molecule has 1 amide bonds. The number of carbonyl (C=O) groups is 2. The van der Waals surface area contributed by atoms with E-state index in [1.165, 1.54) is 0 Å². The Morgan fingerprint density at radius 3 is 2.31 bits per heavy atom. The number of carboxylic acid groups (broad SMARTS) is 1. The predicted molar refractivity (Wildman–Crippen MR) is 87.9 cm³/mol. The summed E-state index contributed by atoms with van der Waals surface area (Å²) in [6.07, 6.45) is -4.67. The van der Waals surface area contributed by atoms with Crippen LogP contribution in [0.3, 0.4) is 0 Å². The number of para-hydroxylation sites is 1. The van der Waals surface area contributed by atoms with E-state index in [0.717, 1.165) is 10.5 Å². The molecule has 0 saturated carbocycles. The highest BCUT2D eigenvalue weighted by Crippen LogP contribution is 2.38. The van der Waals surface area contributed by atoms with Crippen LogP contribution in [0.5, 0.6) is 5.75 Å². The number of ether oxygens (including phenoxy) is 1. The highest BCUT2D eigenvalue weighted by atomic mass is 19.4. The second-order valence-electron chi connectivity index (χ2n) is 7.43. The first kappa shape index (κ1) is 20.1. The number of rotatable bonds is 4. The van der Waals surface area contributed by atoms with Gasteiger partial charge >= 0.3 is 12.1 Å². The molecule has 1 saturated heterocycles. The average Bonchev–Trinajstić information content (AvgIpc) is 2.98. The number of amides is 1. The third-order valence-corrected chi connectivity index (χ3v) is 4.46. The Labute approximate surface area is 149 Å². The summed E-state index contributed by atoms with van der Waals surface area (Å²) in [5.74, 6) is -5.45. The van der Waals surface area contributed by atoms with Gasteiger partial charge in [0.15, 0.2) is 6.61 Å². The molecule has 0 radical (unpaired) electrons. The van der Waals surface area contributed by atoms with E-state index in [4.69, 9.17) is 9.84 Å². The lowest BCUT2D eigenvalue weighted by Crippen LogP contribution is -2.35. The molecule has 1 aromatic carbocycles. The topological polar surface area (TPSA) is 66.8 Å². The molecule has 1 N–H and O–H groups in total.